The van der Waals surface area contributed by atoms with Gasteiger partial charge in [-0.2, -0.15) is 0 Å². The van der Waals surface area contributed by atoms with Gasteiger partial charge in [0, 0.05) is 19.0 Å². The first-order valence-electron chi connectivity index (χ1n) is 7.74. The molecule has 0 aliphatic carbocycles. The molecule has 1 aliphatic heterocycles. The molecule has 3 rings (SSSR count). The van der Waals surface area contributed by atoms with Gasteiger partial charge in [0.05, 0.1) is 25.0 Å². The van der Waals surface area contributed by atoms with Crippen LogP contribution in [0.15, 0.2) is 41.0 Å². The first-order valence-corrected chi connectivity index (χ1v) is 7.74. The molecule has 0 atom stereocenters. The molecule has 0 N–H and O–H groups in total. The molecule has 8 heteroatoms. The minimum atomic E-state index is -0.847. The predicted molar refractivity (Wildman–Crippen MR) is 83.8 cm³/mol. The van der Waals surface area contributed by atoms with Gasteiger partial charge in [-0.25, -0.2) is 13.6 Å². The maximum Gasteiger partial charge on any atom is 0.409 e. The van der Waals surface area contributed by atoms with Crippen LogP contribution in [0.2, 0.25) is 0 Å². The van der Waals surface area contributed by atoms with E-state index in [0.717, 1.165) is 12.1 Å². The van der Waals surface area contributed by atoms with Crippen LogP contribution in [-0.4, -0.2) is 36.6 Å². The van der Waals surface area contributed by atoms with E-state index in [0.29, 0.717) is 12.3 Å². The van der Waals surface area contributed by atoms with E-state index in [1.165, 1.54) is 22.1 Å². The largest absolute Gasteiger partial charge is 0.467 e. The van der Waals surface area contributed by atoms with Gasteiger partial charge in [0.15, 0.2) is 0 Å². The number of carbonyl (C=O) groups is 2. The highest BCUT2D eigenvalue weighted by atomic mass is 19.1. The summed E-state index contributed by atoms with van der Waals surface area (Å²) in [6, 6.07) is 6.31. The molecule has 0 spiro atoms. The number of halogens is 2. The molecule has 2 amide bonds. The Morgan fingerprint density at radius 2 is 2.12 bits per heavy atom. The molecule has 6 nitrogen and oxygen atoms in total. The quantitative estimate of drug-likeness (QED) is 0.804. The Bertz CT molecular complexity index is 764. The van der Waals surface area contributed by atoms with Crippen LogP contribution < -0.4 is 4.90 Å². The summed E-state index contributed by atoms with van der Waals surface area (Å²) in [6.07, 6.45) is 0.949. The molecule has 0 saturated carbocycles. The Morgan fingerprint density at radius 1 is 1.28 bits per heavy atom. The Labute approximate surface area is 142 Å². The number of cyclic esters (lactones) is 1. The molecule has 2 aromatic rings. The van der Waals surface area contributed by atoms with Crippen LogP contribution in [-0.2, 0) is 16.1 Å². The normalized spacial score (nSPS) is 13.8. The summed E-state index contributed by atoms with van der Waals surface area (Å²) >= 11 is 0. The Kier molecular flexibility index (Phi) is 4.97. The van der Waals surface area contributed by atoms with Crippen molar-refractivity contribution in [2.24, 2.45) is 0 Å². The number of anilines is 1. The fraction of sp³-hybridized carbons (Fsp3) is 0.294. The number of nitrogens with zero attached hydrogens (tertiary/aromatic N) is 2. The van der Waals surface area contributed by atoms with Crippen LogP contribution in [0.3, 0.4) is 0 Å². The Balaban J connectivity index is 1.77. The standard InChI is InChI=1S/C17H16F2N2O4/c18-12-3-4-15(14(19)10-12)21(11-13-2-1-8-24-13)16(22)5-6-20-7-9-25-17(20)23/h1-4,8,10H,5-7,9,11H2. The van der Waals surface area contributed by atoms with E-state index in [4.69, 9.17) is 9.15 Å². The molecule has 1 aromatic carbocycles. The van der Waals surface area contributed by atoms with Gasteiger partial charge in [-0.1, -0.05) is 0 Å². The lowest BCUT2D eigenvalue weighted by Crippen LogP contribution is -2.35. The molecule has 0 bridgehead atoms. The maximum atomic E-state index is 14.1. The third kappa shape index (κ3) is 3.96. The van der Waals surface area contributed by atoms with Gasteiger partial charge >= 0.3 is 6.09 Å². The second-order valence-electron chi connectivity index (χ2n) is 5.51. The van der Waals surface area contributed by atoms with Crippen LogP contribution in [0.4, 0.5) is 19.3 Å². The van der Waals surface area contributed by atoms with E-state index in [2.05, 4.69) is 0 Å². The number of carbonyl (C=O) groups excluding carboxylic acids is 2. The second kappa shape index (κ2) is 7.33. The summed E-state index contributed by atoms with van der Waals surface area (Å²) in [4.78, 5) is 26.6. The van der Waals surface area contributed by atoms with E-state index in [9.17, 15) is 18.4 Å². The molecular weight excluding hydrogens is 334 g/mol. The van der Waals surface area contributed by atoms with Crippen molar-refractivity contribution < 1.29 is 27.5 Å². The highest BCUT2D eigenvalue weighted by Gasteiger charge is 2.25. The summed E-state index contributed by atoms with van der Waals surface area (Å²) in [5.41, 5.74) is -0.0493. The highest BCUT2D eigenvalue weighted by Crippen LogP contribution is 2.23. The number of furan rings is 1. The summed E-state index contributed by atoms with van der Waals surface area (Å²) in [5.74, 6) is -1.54. The zero-order valence-electron chi connectivity index (χ0n) is 13.3. The molecule has 0 radical (unpaired) electrons. The third-order valence-corrected chi connectivity index (χ3v) is 3.84. The summed E-state index contributed by atoms with van der Waals surface area (Å²) in [6.45, 7) is 0.860. The lowest BCUT2D eigenvalue weighted by molar-refractivity contribution is -0.119. The van der Waals surface area contributed by atoms with Crippen molar-refractivity contribution in [3.8, 4) is 0 Å². The smallest absolute Gasteiger partial charge is 0.409 e. The van der Waals surface area contributed by atoms with Gasteiger partial charge in [0.25, 0.3) is 0 Å². The lowest BCUT2D eigenvalue weighted by atomic mass is 10.2. The zero-order valence-corrected chi connectivity index (χ0v) is 13.3. The lowest BCUT2D eigenvalue weighted by Gasteiger charge is -2.23. The van der Waals surface area contributed by atoms with Crippen molar-refractivity contribution in [2.45, 2.75) is 13.0 Å². The van der Waals surface area contributed by atoms with E-state index in [-0.39, 0.29) is 31.8 Å². The topological polar surface area (TPSA) is 63.0 Å². The Hall–Kier alpha value is -2.90. The van der Waals surface area contributed by atoms with E-state index in [1.54, 1.807) is 12.1 Å². The number of hydrogen-bond acceptors (Lipinski definition) is 4. The minimum Gasteiger partial charge on any atom is -0.467 e. The van der Waals surface area contributed by atoms with Gasteiger partial charge in [-0.05, 0) is 24.3 Å². The average Bonchev–Trinajstić information content (AvgIpc) is 3.22. The third-order valence-electron chi connectivity index (χ3n) is 3.84. The van der Waals surface area contributed by atoms with Gasteiger partial charge in [-0.3, -0.25) is 4.79 Å². The van der Waals surface area contributed by atoms with Gasteiger partial charge < -0.3 is 19.0 Å². The molecule has 2 heterocycles. The first-order chi connectivity index (χ1) is 12.0. The molecule has 0 unspecified atom stereocenters. The number of rotatable bonds is 6. The molecule has 25 heavy (non-hydrogen) atoms. The fourth-order valence-corrected chi connectivity index (χ4v) is 2.56. The van der Waals surface area contributed by atoms with E-state index in [1.807, 2.05) is 0 Å². The van der Waals surface area contributed by atoms with Crippen molar-refractivity contribution in [3.05, 3.63) is 54.0 Å². The summed E-state index contributed by atoms with van der Waals surface area (Å²) in [5, 5.41) is 0. The van der Waals surface area contributed by atoms with Gasteiger partial charge in [0.1, 0.15) is 24.0 Å². The van der Waals surface area contributed by atoms with Crippen molar-refractivity contribution in [1.29, 1.82) is 0 Å². The number of ether oxygens (including phenoxy) is 1. The SMILES string of the molecule is O=C1OCCN1CCC(=O)N(Cc1ccco1)c1ccc(F)cc1F. The molecule has 1 fully saturated rings. The van der Waals surface area contributed by atoms with Crippen LogP contribution in [0, 0.1) is 11.6 Å². The molecule has 1 aliphatic rings. The van der Waals surface area contributed by atoms with Gasteiger partial charge in [-0.15, -0.1) is 0 Å². The summed E-state index contributed by atoms with van der Waals surface area (Å²) in [7, 11) is 0. The first kappa shape index (κ1) is 16.9. The Morgan fingerprint density at radius 3 is 2.76 bits per heavy atom. The monoisotopic (exact) mass is 350 g/mol. The zero-order chi connectivity index (χ0) is 17.8. The summed E-state index contributed by atoms with van der Waals surface area (Å²) < 4.78 is 37.3. The average molecular weight is 350 g/mol. The van der Waals surface area contributed by atoms with Crippen LogP contribution >= 0.6 is 0 Å². The van der Waals surface area contributed by atoms with E-state index >= 15 is 0 Å². The number of benzene rings is 1. The predicted octanol–water partition coefficient (Wildman–Crippen LogP) is 2.93. The van der Waals surface area contributed by atoms with Crippen molar-refractivity contribution in [2.75, 3.05) is 24.6 Å². The maximum absolute atomic E-state index is 14.1. The van der Waals surface area contributed by atoms with E-state index < -0.39 is 23.6 Å². The van der Waals surface area contributed by atoms with Crippen LogP contribution in [0.25, 0.3) is 0 Å². The second-order valence-corrected chi connectivity index (χ2v) is 5.51. The number of hydrogen-bond donors (Lipinski definition) is 0. The molecule has 132 valence electrons. The fourth-order valence-electron chi connectivity index (χ4n) is 2.56. The van der Waals surface area contributed by atoms with Gasteiger partial charge in [0.2, 0.25) is 5.91 Å². The molecular formula is C17H16F2N2O4. The van der Waals surface area contributed by atoms with Crippen molar-refractivity contribution in [1.82, 2.24) is 4.90 Å². The van der Waals surface area contributed by atoms with Crippen LogP contribution in [0.5, 0.6) is 0 Å². The van der Waals surface area contributed by atoms with Crippen molar-refractivity contribution in [3.63, 3.8) is 0 Å². The molecule has 1 aromatic heterocycles. The molecule has 1 saturated heterocycles. The number of amides is 2. The van der Waals surface area contributed by atoms with Crippen molar-refractivity contribution >= 4 is 17.7 Å². The minimum absolute atomic E-state index is 0.00116. The van der Waals surface area contributed by atoms with Crippen LogP contribution in [0.1, 0.15) is 12.2 Å². The highest BCUT2D eigenvalue weighted by molar-refractivity contribution is 5.93.